The summed E-state index contributed by atoms with van der Waals surface area (Å²) < 4.78 is 602. The van der Waals surface area contributed by atoms with E-state index in [0.29, 0.717) is 55.1 Å². The molecule has 0 radical (unpaired) electrons. The van der Waals surface area contributed by atoms with E-state index in [9.17, 15) is 184 Å². The number of alkyl halides is 42. The van der Waals surface area contributed by atoms with Crippen LogP contribution in [0.3, 0.4) is 0 Å². The minimum absolute atomic E-state index is 0.144. The van der Waals surface area contributed by atoms with Gasteiger partial charge in [0.25, 0.3) is 0 Å². The summed E-state index contributed by atoms with van der Waals surface area (Å²) in [6, 6.07) is -9.40. The van der Waals surface area contributed by atoms with E-state index in [2.05, 4.69) is 73.3 Å². The molecule has 2 aromatic carbocycles. The Balaban J connectivity index is 1.63. The number of nitrogens with zero attached hydrogens (tertiary/aromatic N) is 12. The maximum Gasteiger partial charge on any atom is 0.460 e. The van der Waals surface area contributed by atoms with Crippen LogP contribution in [0.2, 0.25) is 0 Å². The van der Waals surface area contributed by atoms with Crippen molar-refractivity contribution in [2.45, 2.75) is 108 Å². The molecule has 6 rings (SSSR count). The molecule has 0 N–H and O–H groups in total. The lowest BCUT2D eigenvalue weighted by Crippen LogP contribution is -2.62. The van der Waals surface area contributed by atoms with Crippen molar-refractivity contribution in [3.63, 3.8) is 0 Å². The van der Waals surface area contributed by atoms with Gasteiger partial charge in [0.2, 0.25) is 17.8 Å². The summed E-state index contributed by atoms with van der Waals surface area (Å²) >= 11 is 0. The third-order valence-corrected chi connectivity index (χ3v) is 13.2. The molecule has 6 aromatic rings. The third kappa shape index (κ3) is 16.6. The molecule has 107 heavy (non-hydrogen) atoms. The van der Waals surface area contributed by atoms with Crippen LogP contribution in [0.5, 0.6) is 36.1 Å². The Morgan fingerprint density at radius 3 is 0.682 bits per heavy atom. The van der Waals surface area contributed by atoms with Crippen molar-refractivity contribution in [2.75, 3.05) is 63.5 Å². The molecule has 0 bridgehead atoms. The van der Waals surface area contributed by atoms with Crippen molar-refractivity contribution in [3.05, 3.63) is 36.4 Å². The van der Waals surface area contributed by atoms with Crippen LogP contribution in [0.1, 0.15) is 0 Å². The van der Waals surface area contributed by atoms with Crippen LogP contribution in [0.15, 0.2) is 36.4 Å². The normalized spacial score (nSPS) is 14.6. The van der Waals surface area contributed by atoms with Crippen molar-refractivity contribution in [2.24, 2.45) is 0 Å². The Hall–Kier alpha value is -9.27. The molecule has 0 aliphatic rings. The number of ether oxygens (including phenoxy) is 6. The third-order valence-electron chi connectivity index (χ3n) is 13.2. The smallest absolute Gasteiger partial charge is 0.457 e. The Bertz CT molecular complexity index is 3780. The number of halogens is 42. The predicted molar refractivity (Wildman–Crippen MR) is 259 cm³/mol. The van der Waals surface area contributed by atoms with Crippen molar-refractivity contribution in [1.82, 2.24) is 49.4 Å². The topological polar surface area (TPSA) is 183 Å². The number of anilines is 4. The first-order valence-electron chi connectivity index (χ1n) is 26.2. The second-order valence-electron chi connectivity index (χ2n) is 20.8. The van der Waals surface area contributed by atoms with Gasteiger partial charge in [0, 0.05) is 36.2 Å². The van der Waals surface area contributed by atoms with Gasteiger partial charge in [-0.3, -0.25) is 4.57 Å². The van der Waals surface area contributed by atoms with Gasteiger partial charge in [0.1, 0.15) is 0 Å². The Labute approximate surface area is 557 Å². The fraction of sp³-hybridized carbons (Fsp3) is 0.553. The standard InChI is InChI=1S/C47H24F42N12O6/c1-99(21-90-24(102-9-30(48,49)36(62,63)40(70,71)44(78,79)80)96-25(91-21)103-10-31(50,51)37(64,65)41(72,73)45(81,82)83)15-3-5-19-17(7-15)18-8-16(4-6-20(18)101(19)23-94-28(106-13-34(56,57)58)98-29(95-23)107-14-35(59,60)61)100(2)22-92-26(104-11-32(52,53)38(66,67)42(74,75)46(84,85)86)97-27(93-22)105-12-33(54,55)39(68,69)43(76,77)47(87,88)89/h3-8H,9-14H2,1-2H3. The minimum atomic E-state index is -7.74. The van der Waals surface area contributed by atoms with Gasteiger partial charge >= 0.3 is 144 Å². The fourth-order valence-electron chi connectivity index (χ4n) is 7.54. The SMILES string of the molecule is CN(c1ccc2c(c1)c1cc(N(C)c3nc(OCC(F)(F)C(F)(F)C(F)(F)C(F)(F)F)nc(OCC(F)(F)C(F)(F)C(F)(F)C(F)(F)F)n3)ccc1n2-c1nc(OCC(F)(F)F)nc(OCC(F)(F)F)n1)c1nc(OCC(F)(F)C(F)(F)C(F)(F)C(F)(F)F)nc(OCC(F)(F)C(F)(F)C(F)(F)C(F)(F)F)n1. The van der Waals surface area contributed by atoms with Crippen molar-refractivity contribution >= 4 is 45.1 Å². The van der Waals surface area contributed by atoms with E-state index in [1.165, 1.54) is 0 Å². The molecule has 0 fully saturated rings. The Morgan fingerprint density at radius 2 is 0.477 bits per heavy atom. The molecular formula is C47H24F42N12O6. The fourth-order valence-corrected chi connectivity index (χ4v) is 7.54. The molecule has 0 unspecified atom stereocenters. The van der Waals surface area contributed by atoms with Crippen LogP contribution in [-0.4, -0.2) is 211 Å². The lowest BCUT2D eigenvalue weighted by atomic mass is 10.0. The predicted octanol–water partition coefficient (Wildman–Crippen LogP) is 16.1. The lowest BCUT2D eigenvalue weighted by Gasteiger charge is -2.33. The molecule has 0 aliphatic heterocycles. The average molecular weight is 1650 g/mol. The summed E-state index contributed by atoms with van der Waals surface area (Å²) in [7, 11) is 0.889. The molecule has 0 saturated carbocycles. The van der Waals surface area contributed by atoms with Gasteiger partial charge in [-0.05, 0) is 36.4 Å². The highest BCUT2D eigenvalue weighted by Crippen LogP contribution is 2.58. The number of benzene rings is 2. The second kappa shape index (κ2) is 27.4. The first-order chi connectivity index (χ1) is 47.7. The first-order valence-corrected chi connectivity index (χ1v) is 26.2. The van der Waals surface area contributed by atoms with E-state index in [1.807, 2.05) is 0 Å². The van der Waals surface area contributed by atoms with E-state index < -0.39 is 235 Å². The Kier molecular flexibility index (Phi) is 22.2. The summed E-state index contributed by atoms with van der Waals surface area (Å²) in [5, 5.41) is -1.56. The maximum atomic E-state index is 14.7. The quantitative estimate of drug-likeness (QED) is 0.0404. The van der Waals surface area contributed by atoms with Crippen LogP contribution in [-0.2, 0) is 0 Å². The van der Waals surface area contributed by atoms with E-state index in [0.717, 1.165) is 0 Å². The minimum Gasteiger partial charge on any atom is -0.457 e. The van der Waals surface area contributed by atoms with Crippen molar-refractivity contribution in [3.8, 4) is 42.0 Å². The van der Waals surface area contributed by atoms with Gasteiger partial charge in [0.05, 0.1) is 11.0 Å². The number of hydrogen-bond donors (Lipinski definition) is 0. The number of hydrogen-bond acceptors (Lipinski definition) is 17. The van der Waals surface area contributed by atoms with Gasteiger partial charge in [-0.15, -0.1) is 15.0 Å². The number of rotatable bonds is 29. The molecule has 4 aromatic heterocycles. The highest BCUT2D eigenvalue weighted by molar-refractivity contribution is 6.11. The van der Waals surface area contributed by atoms with Crippen LogP contribution in [0.25, 0.3) is 27.8 Å². The van der Waals surface area contributed by atoms with Crippen molar-refractivity contribution < 1.29 is 213 Å². The zero-order chi connectivity index (χ0) is 82.5. The highest BCUT2D eigenvalue weighted by atomic mass is 19.5. The van der Waals surface area contributed by atoms with Gasteiger partial charge in [-0.1, -0.05) is 0 Å². The number of fused-ring (bicyclic) bond motifs is 3. The monoisotopic (exact) mass is 1650 g/mol. The maximum absolute atomic E-state index is 14.7. The number of aromatic nitrogens is 10. The van der Waals surface area contributed by atoms with Crippen LogP contribution in [0, 0.1) is 0 Å². The summed E-state index contributed by atoms with van der Waals surface area (Å²) in [5.74, 6) is -93.7. The molecule has 0 saturated heterocycles. The van der Waals surface area contributed by atoms with E-state index in [1.54, 1.807) is 0 Å². The van der Waals surface area contributed by atoms with Crippen LogP contribution < -0.4 is 38.2 Å². The summed E-state index contributed by atoms with van der Waals surface area (Å²) in [6.45, 7) is -19.1. The highest BCUT2D eigenvalue weighted by Gasteiger charge is 2.85. The van der Waals surface area contributed by atoms with E-state index >= 15 is 0 Å². The van der Waals surface area contributed by atoms with Gasteiger partial charge in [-0.25, -0.2) is 0 Å². The zero-order valence-corrected chi connectivity index (χ0v) is 49.9. The molecule has 0 spiro atoms. The first kappa shape index (κ1) is 86.6. The summed E-state index contributed by atoms with van der Waals surface area (Å²) in [5.41, 5.74) is -3.32. The lowest BCUT2D eigenvalue weighted by molar-refractivity contribution is -0.398. The van der Waals surface area contributed by atoms with Crippen LogP contribution in [0.4, 0.5) is 208 Å². The molecule has 0 amide bonds. The second-order valence-corrected chi connectivity index (χ2v) is 20.8. The molecule has 18 nitrogen and oxygen atoms in total. The van der Waals surface area contributed by atoms with Crippen LogP contribution >= 0.6 is 0 Å². The van der Waals surface area contributed by atoms with Gasteiger partial charge in [0.15, 0.2) is 39.6 Å². The molecule has 4 heterocycles. The van der Waals surface area contributed by atoms with E-state index in [-0.39, 0.29) is 9.80 Å². The Morgan fingerprint density at radius 1 is 0.271 bits per heavy atom. The summed E-state index contributed by atoms with van der Waals surface area (Å²) in [6.07, 6.45) is -41.0. The molecule has 0 atom stereocenters. The van der Waals surface area contributed by atoms with Crippen molar-refractivity contribution in [1.29, 1.82) is 0 Å². The molecular weight excluding hydrogens is 1630 g/mol. The van der Waals surface area contributed by atoms with Gasteiger partial charge < -0.3 is 38.2 Å². The summed E-state index contributed by atoms with van der Waals surface area (Å²) in [4.78, 5) is 28.0. The molecule has 602 valence electrons. The average Bonchev–Trinajstić information content (AvgIpc) is 1.70. The van der Waals surface area contributed by atoms with Gasteiger partial charge in [-0.2, -0.15) is 214 Å². The molecule has 60 heteroatoms. The molecule has 0 aliphatic carbocycles. The largest absolute Gasteiger partial charge is 0.460 e. The zero-order valence-electron chi connectivity index (χ0n) is 49.9. The van der Waals surface area contributed by atoms with E-state index in [4.69, 9.17) is 0 Å².